The molecule has 0 fully saturated rings. The Morgan fingerprint density at radius 2 is 1.73 bits per heavy atom. The van der Waals surface area contributed by atoms with Crippen LogP contribution >= 0.6 is 0 Å². The van der Waals surface area contributed by atoms with E-state index in [9.17, 15) is 4.79 Å². The zero-order valence-corrected chi connectivity index (χ0v) is 13.3. The molecule has 0 saturated heterocycles. The predicted octanol–water partition coefficient (Wildman–Crippen LogP) is 3.81. The number of amides is 2. The topological polar surface area (TPSA) is 50.4 Å². The fraction of sp³-hybridized carbons (Fsp3) is 0.278. The van der Waals surface area contributed by atoms with Gasteiger partial charge in [-0.15, -0.1) is 0 Å². The van der Waals surface area contributed by atoms with Gasteiger partial charge in [0.05, 0.1) is 6.54 Å². The SMILES string of the molecule is Cc1cccc(OCCNC(=O)Nc2c(C)cccc2C)c1. The molecule has 0 aliphatic carbocycles. The monoisotopic (exact) mass is 298 g/mol. The minimum Gasteiger partial charge on any atom is -0.492 e. The van der Waals surface area contributed by atoms with Gasteiger partial charge in [0.1, 0.15) is 12.4 Å². The summed E-state index contributed by atoms with van der Waals surface area (Å²) in [6, 6.07) is 13.6. The van der Waals surface area contributed by atoms with Crippen molar-refractivity contribution in [3.63, 3.8) is 0 Å². The Balaban J connectivity index is 1.76. The Hall–Kier alpha value is -2.49. The molecule has 2 aromatic carbocycles. The quantitative estimate of drug-likeness (QED) is 0.825. The van der Waals surface area contributed by atoms with Gasteiger partial charge < -0.3 is 15.4 Å². The summed E-state index contributed by atoms with van der Waals surface area (Å²) in [5.74, 6) is 0.817. The molecule has 0 heterocycles. The number of hydrogen-bond acceptors (Lipinski definition) is 2. The van der Waals surface area contributed by atoms with Gasteiger partial charge in [0, 0.05) is 5.69 Å². The van der Waals surface area contributed by atoms with Crippen LogP contribution < -0.4 is 15.4 Å². The number of benzene rings is 2. The van der Waals surface area contributed by atoms with Crippen molar-refractivity contribution in [3.05, 3.63) is 59.2 Å². The second-order valence-corrected chi connectivity index (χ2v) is 5.31. The molecule has 0 unspecified atom stereocenters. The van der Waals surface area contributed by atoms with Gasteiger partial charge in [-0.3, -0.25) is 0 Å². The van der Waals surface area contributed by atoms with Crippen molar-refractivity contribution in [2.75, 3.05) is 18.5 Å². The van der Waals surface area contributed by atoms with Crippen LogP contribution in [0.5, 0.6) is 5.75 Å². The molecule has 0 radical (unpaired) electrons. The average molecular weight is 298 g/mol. The number of urea groups is 1. The molecule has 2 rings (SSSR count). The van der Waals surface area contributed by atoms with E-state index < -0.39 is 0 Å². The average Bonchev–Trinajstić information content (AvgIpc) is 2.48. The van der Waals surface area contributed by atoms with Crippen molar-refractivity contribution in [1.29, 1.82) is 0 Å². The van der Waals surface area contributed by atoms with Gasteiger partial charge in [0.15, 0.2) is 0 Å². The van der Waals surface area contributed by atoms with Crippen molar-refractivity contribution in [2.24, 2.45) is 0 Å². The highest BCUT2D eigenvalue weighted by Gasteiger charge is 2.06. The van der Waals surface area contributed by atoms with Gasteiger partial charge in [0.2, 0.25) is 0 Å². The summed E-state index contributed by atoms with van der Waals surface area (Å²) in [5.41, 5.74) is 4.11. The number of carbonyl (C=O) groups excluding carboxylic acids is 1. The van der Waals surface area contributed by atoms with E-state index in [1.165, 1.54) is 0 Å². The normalized spacial score (nSPS) is 10.1. The van der Waals surface area contributed by atoms with E-state index in [2.05, 4.69) is 10.6 Å². The maximum Gasteiger partial charge on any atom is 0.319 e. The zero-order chi connectivity index (χ0) is 15.9. The summed E-state index contributed by atoms with van der Waals surface area (Å²) >= 11 is 0. The molecule has 0 aromatic heterocycles. The van der Waals surface area contributed by atoms with Crippen LogP contribution in [0.3, 0.4) is 0 Å². The number of aryl methyl sites for hydroxylation is 3. The Kier molecular flexibility index (Phi) is 5.42. The summed E-state index contributed by atoms with van der Waals surface area (Å²) in [6.07, 6.45) is 0. The first kappa shape index (κ1) is 15.9. The number of carbonyl (C=O) groups is 1. The summed E-state index contributed by atoms with van der Waals surface area (Å²) in [7, 11) is 0. The third kappa shape index (κ3) is 4.52. The Morgan fingerprint density at radius 3 is 2.41 bits per heavy atom. The molecule has 0 aliphatic heterocycles. The molecule has 0 saturated carbocycles. The lowest BCUT2D eigenvalue weighted by atomic mass is 10.1. The maximum atomic E-state index is 11.9. The predicted molar refractivity (Wildman–Crippen MR) is 89.6 cm³/mol. The fourth-order valence-corrected chi connectivity index (χ4v) is 2.21. The number of anilines is 1. The fourth-order valence-electron chi connectivity index (χ4n) is 2.21. The van der Waals surface area contributed by atoms with Gasteiger partial charge >= 0.3 is 6.03 Å². The molecule has 2 aromatic rings. The molecular formula is C18H22N2O2. The Labute approximate surface area is 131 Å². The van der Waals surface area contributed by atoms with Crippen LogP contribution in [0.15, 0.2) is 42.5 Å². The highest BCUT2D eigenvalue weighted by Crippen LogP contribution is 2.19. The van der Waals surface area contributed by atoms with Gasteiger partial charge in [-0.1, -0.05) is 30.3 Å². The van der Waals surface area contributed by atoms with E-state index in [0.29, 0.717) is 13.2 Å². The van der Waals surface area contributed by atoms with Gasteiger partial charge in [-0.25, -0.2) is 4.79 Å². The molecule has 0 bridgehead atoms. The van der Waals surface area contributed by atoms with E-state index >= 15 is 0 Å². The van der Waals surface area contributed by atoms with Gasteiger partial charge in [-0.2, -0.15) is 0 Å². The van der Waals surface area contributed by atoms with E-state index in [-0.39, 0.29) is 6.03 Å². The Bertz CT molecular complexity index is 633. The van der Waals surface area contributed by atoms with Crippen LogP contribution in [0.4, 0.5) is 10.5 Å². The maximum absolute atomic E-state index is 11.9. The minimum absolute atomic E-state index is 0.217. The second kappa shape index (κ2) is 7.50. The summed E-state index contributed by atoms with van der Waals surface area (Å²) in [5, 5.41) is 5.68. The highest BCUT2D eigenvalue weighted by molar-refractivity contribution is 5.90. The number of rotatable bonds is 5. The number of para-hydroxylation sites is 1. The van der Waals surface area contributed by atoms with Crippen LogP contribution in [0.1, 0.15) is 16.7 Å². The third-order valence-electron chi connectivity index (χ3n) is 3.37. The molecule has 4 heteroatoms. The first-order valence-electron chi connectivity index (χ1n) is 7.37. The van der Waals surface area contributed by atoms with E-state index in [4.69, 9.17) is 4.74 Å². The van der Waals surface area contributed by atoms with Crippen molar-refractivity contribution >= 4 is 11.7 Å². The lowest BCUT2D eigenvalue weighted by Gasteiger charge is -2.12. The van der Waals surface area contributed by atoms with Crippen molar-refractivity contribution in [3.8, 4) is 5.75 Å². The first-order chi connectivity index (χ1) is 10.6. The molecule has 0 spiro atoms. The standard InChI is InChI=1S/C18H22N2O2/c1-13-6-4-9-16(12-13)22-11-10-19-18(21)20-17-14(2)7-5-8-15(17)3/h4-9,12H,10-11H2,1-3H3,(H2,19,20,21). The lowest BCUT2D eigenvalue weighted by Crippen LogP contribution is -2.32. The van der Waals surface area contributed by atoms with Crippen LogP contribution in [0, 0.1) is 20.8 Å². The zero-order valence-electron chi connectivity index (χ0n) is 13.3. The van der Waals surface area contributed by atoms with Crippen molar-refractivity contribution in [1.82, 2.24) is 5.32 Å². The van der Waals surface area contributed by atoms with Crippen LogP contribution in [-0.4, -0.2) is 19.2 Å². The smallest absolute Gasteiger partial charge is 0.319 e. The third-order valence-corrected chi connectivity index (χ3v) is 3.37. The van der Waals surface area contributed by atoms with Crippen molar-refractivity contribution < 1.29 is 9.53 Å². The minimum atomic E-state index is -0.217. The molecule has 2 amide bonds. The number of hydrogen-bond donors (Lipinski definition) is 2. The van der Waals surface area contributed by atoms with E-state index in [1.807, 2.05) is 63.2 Å². The van der Waals surface area contributed by atoms with E-state index in [1.54, 1.807) is 0 Å². The number of ether oxygens (including phenoxy) is 1. The summed E-state index contributed by atoms with van der Waals surface area (Å²) in [4.78, 5) is 11.9. The van der Waals surface area contributed by atoms with Crippen LogP contribution in [0.2, 0.25) is 0 Å². The molecule has 2 N–H and O–H groups in total. The first-order valence-corrected chi connectivity index (χ1v) is 7.37. The molecular weight excluding hydrogens is 276 g/mol. The molecule has 116 valence electrons. The van der Waals surface area contributed by atoms with Crippen LogP contribution in [0.25, 0.3) is 0 Å². The van der Waals surface area contributed by atoms with Crippen LogP contribution in [-0.2, 0) is 0 Å². The van der Waals surface area contributed by atoms with E-state index in [0.717, 1.165) is 28.1 Å². The second-order valence-electron chi connectivity index (χ2n) is 5.31. The van der Waals surface area contributed by atoms with Gasteiger partial charge in [-0.05, 0) is 49.6 Å². The summed E-state index contributed by atoms with van der Waals surface area (Å²) < 4.78 is 5.59. The summed E-state index contributed by atoms with van der Waals surface area (Å²) in [6.45, 7) is 6.85. The van der Waals surface area contributed by atoms with Gasteiger partial charge in [0.25, 0.3) is 0 Å². The Morgan fingerprint density at radius 1 is 1.05 bits per heavy atom. The molecule has 22 heavy (non-hydrogen) atoms. The molecule has 0 aliphatic rings. The lowest BCUT2D eigenvalue weighted by molar-refractivity contribution is 0.247. The number of nitrogens with one attached hydrogen (secondary N) is 2. The largest absolute Gasteiger partial charge is 0.492 e. The van der Waals surface area contributed by atoms with Crippen molar-refractivity contribution in [2.45, 2.75) is 20.8 Å². The molecule has 4 nitrogen and oxygen atoms in total. The highest BCUT2D eigenvalue weighted by atomic mass is 16.5. The molecule has 0 atom stereocenters.